The van der Waals surface area contributed by atoms with Crippen LogP contribution in [0, 0.1) is 0 Å². The molecule has 0 amide bonds. The molecular weight excluding hydrogens is 246 g/mol. The van der Waals surface area contributed by atoms with E-state index in [0.717, 1.165) is 18.7 Å². The lowest BCUT2D eigenvalue weighted by Gasteiger charge is -2.35. The third-order valence-corrected chi connectivity index (χ3v) is 4.12. The van der Waals surface area contributed by atoms with Gasteiger partial charge in [-0.05, 0) is 31.9 Å². The van der Waals surface area contributed by atoms with Gasteiger partial charge in [0.05, 0.1) is 5.02 Å². The van der Waals surface area contributed by atoms with Crippen LogP contribution >= 0.6 is 11.6 Å². The smallest absolute Gasteiger partial charge is 0.138 e. The average molecular weight is 268 g/mol. The van der Waals surface area contributed by atoms with Gasteiger partial charge >= 0.3 is 0 Å². The molecule has 1 N–H and O–H groups in total. The number of halogens is 1. The Morgan fingerprint density at radius 3 is 3.00 bits per heavy atom. The number of benzene rings is 1. The summed E-state index contributed by atoms with van der Waals surface area (Å²) in [4.78, 5) is 2.50. The fraction of sp³-hybridized carbons (Fsp3) is 0.600. The second-order valence-corrected chi connectivity index (χ2v) is 5.56. The molecule has 1 aliphatic heterocycles. The summed E-state index contributed by atoms with van der Waals surface area (Å²) in [6.07, 6.45) is 6.36. The predicted molar refractivity (Wildman–Crippen MR) is 76.1 cm³/mol. The molecule has 18 heavy (non-hydrogen) atoms. The molecule has 1 aromatic rings. The summed E-state index contributed by atoms with van der Waals surface area (Å²) in [5.74, 6) is 0.250. The van der Waals surface area contributed by atoms with E-state index in [1.807, 2.05) is 12.1 Å². The summed E-state index contributed by atoms with van der Waals surface area (Å²) in [5, 5.41) is 10.4. The van der Waals surface area contributed by atoms with Gasteiger partial charge in [-0.25, -0.2) is 0 Å². The fourth-order valence-corrected chi connectivity index (χ4v) is 3.03. The number of aromatic hydroxyl groups is 1. The first-order valence-electron chi connectivity index (χ1n) is 6.92. The molecule has 0 aromatic heterocycles. The third-order valence-electron chi connectivity index (χ3n) is 3.81. The number of likely N-dealkylation sites (tertiary alicyclic amines) is 1. The summed E-state index contributed by atoms with van der Waals surface area (Å²) in [6, 6.07) is 6.29. The van der Waals surface area contributed by atoms with Crippen LogP contribution < -0.4 is 0 Å². The van der Waals surface area contributed by atoms with Gasteiger partial charge in [-0.3, -0.25) is 4.90 Å². The van der Waals surface area contributed by atoms with E-state index in [1.54, 1.807) is 6.07 Å². The lowest BCUT2D eigenvalue weighted by atomic mass is 9.97. The molecule has 0 spiro atoms. The second-order valence-electron chi connectivity index (χ2n) is 5.16. The Labute approximate surface area is 115 Å². The van der Waals surface area contributed by atoms with E-state index in [-0.39, 0.29) is 5.75 Å². The number of piperidine rings is 1. The Balaban J connectivity index is 2.08. The number of hydrogen-bond donors (Lipinski definition) is 1. The van der Waals surface area contributed by atoms with Gasteiger partial charge in [0.15, 0.2) is 0 Å². The monoisotopic (exact) mass is 267 g/mol. The predicted octanol–water partition coefficient (Wildman–Crippen LogP) is 4.20. The van der Waals surface area contributed by atoms with E-state index in [4.69, 9.17) is 11.6 Å². The third kappa shape index (κ3) is 3.18. The van der Waals surface area contributed by atoms with E-state index in [1.165, 1.54) is 32.1 Å². The molecule has 3 heteroatoms. The molecule has 0 saturated carbocycles. The lowest BCUT2D eigenvalue weighted by Crippen LogP contribution is -2.38. The minimum absolute atomic E-state index is 0.250. The van der Waals surface area contributed by atoms with Crippen molar-refractivity contribution in [3.05, 3.63) is 28.8 Å². The molecule has 100 valence electrons. The highest BCUT2D eigenvalue weighted by atomic mass is 35.5. The maximum absolute atomic E-state index is 9.99. The number of phenols is 1. The molecule has 1 atom stereocenters. The molecule has 1 heterocycles. The second kappa shape index (κ2) is 6.44. The standard InChI is InChI=1S/C15H22ClNO/c1-2-6-13-8-3-4-10-17(13)11-12-7-5-9-14(16)15(12)18/h5,7,9,13,18H,2-4,6,8,10-11H2,1H3. The van der Waals surface area contributed by atoms with E-state index in [0.29, 0.717) is 11.1 Å². The lowest BCUT2D eigenvalue weighted by molar-refractivity contribution is 0.130. The van der Waals surface area contributed by atoms with Crippen LogP contribution in [0.5, 0.6) is 5.75 Å². The van der Waals surface area contributed by atoms with Gasteiger partial charge in [0.25, 0.3) is 0 Å². The van der Waals surface area contributed by atoms with Crippen LogP contribution in [0.25, 0.3) is 0 Å². The minimum atomic E-state index is 0.250. The van der Waals surface area contributed by atoms with Crippen molar-refractivity contribution in [2.24, 2.45) is 0 Å². The van der Waals surface area contributed by atoms with Crippen LogP contribution in [0.4, 0.5) is 0 Å². The van der Waals surface area contributed by atoms with Crippen molar-refractivity contribution in [2.75, 3.05) is 6.54 Å². The molecule has 1 unspecified atom stereocenters. The minimum Gasteiger partial charge on any atom is -0.506 e. The zero-order valence-electron chi connectivity index (χ0n) is 11.0. The number of nitrogens with zero attached hydrogens (tertiary/aromatic N) is 1. The van der Waals surface area contributed by atoms with Crippen molar-refractivity contribution in [3.8, 4) is 5.75 Å². The van der Waals surface area contributed by atoms with Crippen LogP contribution in [0.3, 0.4) is 0 Å². The van der Waals surface area contributed by atoms with Crippen molar-refractivity contribution in [1.29, 1.82) is 0 Å². The largest absolute Gasteiger partial charge is 0.506 e. The molecule has 1 aromatic carbocycles. The highest BCUT2D eigenvalue weighted by Crippen LogP contribution is 2.30. The SMILES string of the molecule is CCCC1CCCCN1Cc1cccc(Cl)c1O. The zero-order valence-corrected chi connectivity index (χ0v) is 11.8. The first-order chi connectivity index (χ1) is 8.72. The summed E-state index contributed by atoms with van der Waals surface area (Å²) in [6.45, 7) is 4.19. The van der Waals surface area contributed by atoms with Crippen LogP contribution in [-0.2, 0) is 6.54 Å². The first-order valence-corrected chi connectivity index (χ1v) is 7.30. The molecule has 2 rings (SSSR count). The molecule has 1 saturated heterocycles. The van der Waals surface area contributed by atoms with Crippen LogP contribution in [0.1, 0.15) is 44.6 Å². The van der Waals surface area contributed by atoms with Crippen molar-refractivity contribution in [1.82, 2.24) is 4.90 Å². The molecule has 1 fully saturated rings. The average Bonchev–Trinajstić information content (AvgIpc) is 2.37. The van der Waals surface area contributed by atoms with Gasteiger partial charge in [-0.15, -0.1) is 0 Å². The summed E-state index contributed by atoms with van der Waals surface area (Å²) in [5.41, 5.74) is 0.950. The summed E-state index contributed by atoms with van der Waals surface area (Å²) < 4.78 is 0. The Kier molecular flexibility index (Phi) is 4.90. The normalized spacial score (nSPS) is 21.1. The highest BCUT2D eigenvalue weighted by molar-refractivity contribution is 6.32. The van der Waals surface area contributed by atoms with Gasteiger partial charge in [0, 0.05) is 18.2 Å². The molecule has 1 aliphatic rings. The number of rotatable bonds is 4. The molecule has 0 radical (unpaired) electrons. The van der Waals surface area contributed by atoms with Gasteiger partial charge in [-0.1, -0.05) is 43.5 Å². The van der Waals surface area contributed by atoms with E-state index < -0.39 is 0 Å². The van der Waals surface area contributed by atoms with Gasteiger partial charge in [0.2, 0.25) is 0 Å². The van der Waals surface area contributed by atoms with Crippen LogP contribution in [0.2, 0.25) is 5.02 Å². The van der Waals surface area contributed by atoms with Crippen molar-refractivity contribution < 1.29 is 5.11 Å². The van der Waals surface area contributed by atoms with Crippen LogP contribution in [-0.4, -0.2) is 22.6 Å². The molecular formula is C15H22ClNO. The Morgan fingerprint density at radius 2 is 2.22 bits per heavy atom. The molecule has 0 aliphatic carbocycles. The molecule has 0 bridgehead atoms. The van der Waals surface area contributed by atoms with Crippen molar-refractivity contribution in [2.45, 2.75) is 51.6 Å². The first kappa shape index (κ1) is 13.7. The summed E-state index contributed by atoms with van der Waals surface area (Å²) >= 11 is 5.96. The Hall–Kier alpha value is -0.730. The zero-order chi connectivity index (χ0) is 13.0. The quantitative estimate of drug-likeness (QED) is 0.884. The van der Waals surface area contributed by atoms with Crippen molar-refractivity contribution in [3.63, 3.8) is 0 Å². The maximum Gasteiger partial charge on any atom is 0.138 e. The van der Waals surface area contributed by atoms with Crippen molar-refractivity contribution >= 4 is 11.6 Å². The topological polar surface area (TPSA) is 23.5 Å². The van der Waals surface area contributed by atoms with Gasteiger partial charge in [-0.2, -0.15) is 0 Å². The molecule has 2 nitrogen and oxygen atoms in total. The number of para-hydroxylation sites is 1. The summed E-state index contributed by atoms with van der Waals surface area (Å²) in [7, 11) is 0. The Bertz CT molecular complexity index is 392. The van der Waals surface area contributed by atoms with E-state index in [2.05, 4.69) is 11.8 Å². The van der Waals surface area contributed by atoms with Gasteiger partial charge < -0.3 is 5.11 Å². The van der Waals surface area contributed by atoms with E-state index >= 15 is 0 Å². The van der Waals surface area contributed by atoms with Gasteiger partial charge in [0.1, 0.15) is 5.75 Å². The van der Waals surface area contributed by atoms with E-state index in [9.17, 15) is 5.11 Å². The number of hydrogen-bond acceptors (Lipinski definition) is 2. The maximum atomic E-state index is 9.99. The Morgan fingerprint density at radius 1 is 1.39 bits per heavy atom. The highest BCUT2D eigenvalue weighted by Gasteiger charge is 2.22. The fourth-order valence-electron chi connectivity index (χ4n) is 2.83. The number of phenolic OH excluding ortho intramolecular Hbond substituents is 1. The van der Waals surface area contributed by atoms with Crippen LogP contribution in [0.15, 0.2) is 18.2 Å².